The van der Waals surface area contributed by atoms with Crippen LogP contribution in [-0.2, 0) is 9.53 Å². The Bertz CT molecular complexity index is 710. The number of likely N-dealkylation sites (tertiary alicyclic amines) is 1. The van der Waals surface area contributed by atoms with E-state index in [0.717, 1.165) is 64.8 Å². The number of carbonyl (C=O) groups excluding carboxylic acids is 1. The van der Waals surface area contributed by atoms with Gasteiger partial charge in [0.05, 0.1) is 17.9 Å². The highest BCUT2D eigenvalue weighted by atomic mass is 35.5. The van der Waals surface area contributed by atoms with E-state index in [1.807, 2.05) is 4.90 Å². The van der Waals surface area contributed by atoms with Crippen molar-refractivity contribution in [2.45, 2.75) is 63.8 Å². The van der Waals surface area contributed by atoms with Gasteiger partial charge in [-0.2, -0.15) is 5.10 Å². The molecule has 29 heavy (non-hydrogen) atoms. The summed E-state index contributed by atoms with van der Waals surface area (Å²) in [5.74, 6) is 0.400. The van der Waals surface area contributed by atoms with Crippen LogP contribution >= 0.6 is 11.6 Å². The lowest BCUT2D eigenvalue weighted by Gasteiger charge is -2.30. The van der Waals surface area contributed by atoms with Gasteiger partial charge in [0.25, 0.3) is 5.56 Å². The van der Waals surface area contributed by atoms with Crippen LogP contribution in [0.2, 0.25) is 5.02 Å². The largest absolute Gasteiger partial charge is 0.385 e. The number of anilines is 1. The predicted molar refractivity (Wildman–Crippen MR) is 115 cm³/mol. The molecule has 1 saturated carbocycles. The van der Waals surface area contributed by atoms with E-state index in [9.17, 15) is 9.59 Å². The lowest BCUT2D eigenvalue weighted by molar-refractivity contribution is -0.135. The standard InChI is InChI=1S/C16H23ClN4O2.C5H10O/c1-18-13-10-19-21(16(23)14(13)17)12-6-4-11(5-7-12)15(22)20-8-2-3-9-20;1-2-4-6-5-3-1/h10-12,18H,2-9H2,1H3;1-5H2. The maximum absolute atomic E-state index is 12.5. The highest BCUT2D eigenvalue weighted by Crippen LogP contribution is 2.33. The average Bonchev–Trinajstić information content (AvgIpc) is 3.32. The molecular weight excluding hydrogens is 392 g/mol. The maximum Gasteiger partial charge on any atom is 0.287 e. The van der Waals surface area contributed by atoms with E-state index >= 15 is 0 Å². The molecule has 0 unspecified atom stereocenters. The Morgan fingerprint density at radius 3 is 2.28 bits per heavy atom. The first kappa shape index (κ1) is 22.1. The fraction of sp³-hybridized carbons (Fsp3) is 0.762. The predicted octanol–water partition coefficient (Wildman–Crippen LogP) is 3.48. The van der Waals surface area contributed by atoms with Crippen molar-refractivity contribution in [2.75, 3.05) is 38.7 Å². The summed E-state index contributed by atoms with van der Waals surface area (Å²) in [6, 6.07) is 0.0357. The van der Waals surface area contributed by atoms with Crippen molar-refractivity contribution in [1.29, 1.82) is 0 Å². The van der Waals surface area contributed by atoms with Crippen LogP contribution in [0.5, 0.6) is 0 Å². The highest BCUT2D eigenvalue weighted by Gasteiger charge is 2.32. The van der Waals surface area contributed by atoms with Crippen LogP contribution in [0.4, 0.5) is 5.69 Å². The maximum atomic E-state index is 12.5. The molecule has 0 spiro atoms. The molecule has 1 amide bonds. The Balaban J connectivity index is 0.000000343. The first-order valence-electron chi connectivity index (χ1n) is 10.9. The molecule has 3 heterocycles. The third kappa shape index (κ3) is 5.72. The molecule has 1 aliphatic carbocycles. The summed E-state index contributed by atoms with van der Waals surface area (Å²) in [4.78, 5) is 26.8. The summed E-state index contributed by atoms with van der Waals surface area (Å²) in [5, 5.41) is 7.28. The number of aromatic nitrogens is 2. The number of rotatable bonds is 3. The Morgan fingerprint density at radius 1 is 1.10 bits per heavy atom. The smallest absolute Gasteiger partial charge is 0.287 e. The van der Waals surface area contributed by atoms with Crippen LogP contribution in [0, 0.1) is 5.92 Å². The van der Waals surface area contributed by atoms with Crippen molar-refractivity contribution in [2.24, 2.45) is 5.92 Å². The molecule has 4 rings (SSSR count). The molecule has 3 fully saturated rings. The molecule has 3 aliphatic rings. The van der Waals surface area contributed by atoms with Gasteiger partial charge in [-0.05, 0) is 57.8 Å². The van der Waals surface area contributed by atoms with Crippen molar-refractivity contribution < 1.29 is 9.53 Å². The third-order valence-electron chi connectivity index (χ3n) is 6.10. The van der Waals surface area contributed by atoms with E-state index in [1.165, 1.54) is 23.9 Å². The molecule has 0 bridgehead atoms. The molecule has 2 saturated heterocycles. The molecule has 7 nitrogen and oxygen atoms in total. The Hall–Kier alpha value is -1.60. The quantitative estimate of drug-likeness (QED) is 0.803. The minimum Gasteiger partial charge on any atom is -0.385 e. The molecule has 8 heteroatoms. The van der Waals surface area contributed by atoms with Gasteiger partial charge < -0.3 is 15.0 Å². The first-order chi connectivity index (χ1) is 14.1. The second-order valence-electron chi connectivity index (χ2n) is 8.08. The number of hydrogen-bond acceptors (Lipinski definition) is 5. The van der Waals surface area contributed by atoms with E-state index < -0.39 is 0 Å². The second kappa shape index (κ2) is 11.0. The van der Waals surface area contributed by atoms with E-state index in [-0.39, 0.29) is 22.5 Å². The fourth-order valence-electron chi connectivity index (χ4n) is 4.33. The minimum absolute atomic E-state index is 0.0357. The molecule has 0 radical (unpaired) electrons. The van der Waals surface area contributed by atoms with E-state index in [4.69, 9.17) is 16.3 Å². The zero-order chi connectivity index (χ0) is 20.6. The number of ether oxygens (including phenoxy) is 1. The Kier molecular flexibility index (Phi) is 8.36. The number of halogens is 1. The summed E-state index contributed by atoms with van der Waals surface area (Å²) >= 11 is 6.09. The van der Waals surface area contributed by atoms with Gasteiger partial charge in [-0.15, -0.1) is 0 Å². The third-order valence-corrected chi connectivity index (χ3v) is 6.47. The van der Waals surface area contributed by atoms with Crippen LogP contribution in [0.3, 0.4) is 0 Å². The van der Waals surface area contributed by atoms with Gasteiger partial charge in [0.15, 0.2) is 0 Å². The SMILES string of the molecule is C1CCOCC1.CNc1cnn(C2CCC(C(=O)N3CCCC3)CC2)c(=O)c1Cl. The lowest BCUT2D eigenvalue weighted by Crippen LogP contribution is -2.37. The van der Waals surface area contributed by atoms with Crippen LogP contribution in [0.25, 0.3) is 0 Å². The number of amides is 1. The normalized spacial score (nSPS) is 24.6. The first-order valence-corrected chi connectivity index (χ1v) is 11.3. The molecule has 1 aromatic heterocycles. The molecule has 0 aromatic carbocycles. The summed E-state index contributed by atoms with van der Waals surface area (Å²) < 4.78 is 6.56. The van der Waals surface area contributed by atoms with Gasteiger partial charge >= 0.3 is 0 Å². The number of nitrogens with one attached hydrogen (secondary N) is 1. The molecular formula is C21H33ClN4O3. The van der Waals surface area contributed by atoms with Crippen molar-refractivity contribution in [3.8, 4) is 0 Å². The average molecular weight is 425 g/mol. The van der Waals surface area contributed by atoms with E-state index in [1.54, 1.807) is 13.2 Å². The number of nitrogens with zero attached hydrogens (tertiary/aromatic N) is 3. The summed E-state index contributed by atoms with van der Waals surface area (Å²) in [6.07, 6.45) is 11.0. The van der Waals surface area contributed by atoms with Crippen LogP contribution in [0.15, 0.2) is 11.0 Å². The van der Waals surface area contributed by atoms with Crippen molar-refractivity contribution >= 4 is 23.2 Å². The zero-order valence-electron chi connectivity index (χ0n) is 17.4. The van der Waals surface area contributed by atoms with Gasteiger partial charge in [-0.25, -0.2) is 4.68 Å². The molecule has 0 atom stereocenters. The van der Waals surface area contributed by atoms with Gasteiger partial charge in [-0.3, -0.25) is 9.59 Å². The van der Waals surface area contributed by atoms with Crippen molar-refractivity contribution in [3.63, 3.8) is 0 Å². The number of hydrogen-bond donors (Lipinski definition) is 1. The van der Waals surface area contributed by atoms with Crippen LogP contribution in [-0.4, -0.2) is 53.9 Å². The molecule has 162 valence electrons. The fourth-order valence-corrected chi connectivity index (χ4v) is 4.56. The molecule has 1 N–H and O–H groups in total. The number of carbonyl (C=O) groups is 1. The molecule has 1 aromatic rings. The van der Waals surface area contributed by atoms with Crippen molar-refractivity contribution in [3.05, 3.63) is 21.6 Å². The van der Waals surface area contributed by atoms with Gasteiger partial charge in [0.1, 0.15) is 5.02 Å². The second-order valence-corrected chi connectivity index (χ2v) is 8.46. The van der Waals surface area contributed by atoms with Crippen LogP contribution < -0.4 is 10.9 Å². The van der Waals surface area contributed by atoms with Gasteiger partial charge in [0, 0.05) is 39.3 Å². The zero-order valence-corrected chi connectivity index (χ0v) is 18.1. The minimum atomic E-state index is -0.257. The highest BCUT2D eigenvalue weighted by molar-refractivity contribution is 6.32. The summed E-state index contributed by atoms with van der Waals surface area (Å²) in [6.45, 7) is 3.81. The van der Waals surface area contributed by atoms with Crippen LogP contribution in [0.1, 0.15) is 63.8 Å². The van der Waals surface area contributed by atoms with E-state index in [0.29, 0.717) is 11.6 Å². The topological polar surface area (TPSA) is 76.5 Å². The molecule has 2 aliphatic heterocycles. The Morgan fingerprint density at radius 2 is 1.76 bits per heavy atom. The monoisotopic (exact) mass is 424 g/mol. The van der Waals surface area contributed by atoms with Gasteiger partial charge in [0.2, 0.25) is 5.91 Å². The van der Waals surface area contributed by atoms with Gasteiger partial charge in [-0.1, -0.05) is 11.6 Å². The lowest BCUT2D eigenvalue weighted by atomic mass is 9.85. The van der Waals surface area contributed by atoms with Crippen molar-refractivity contribution in [1.82, 2.24) is 14.7 Å². The Labute approximate surface area is 177 Å². The van der Waals surface area contributed by atoms with E-state index in [2.05, 4.69) is 10.4 Å². The summed E-state index contributed by atoms with van der Waals surface area (Å²) in [5.41, 5.74) is 0.290. The summed E-state index contributed by atoms with van der Waals surface area (Å²) in [7, 11) is 1.71.